The summed E-state index contributed by atoms with van der Waals surface area (Å²) in [6.07, 6.45) is 2.07. The third-order valence-corrected chi connectivity index (χ3v) is 4.89. The number of allylic oxidation sites excluding steroid dienone is 2. The summed E-state index contributed by atoms with van der Waals surface area (Å²) >= 11 is 0. The molecule has 1 saturated heterocycles. The summed E-state index contributed by atoms with van der Waals surface area (Å²) in [6, 6.07) is 14.5. The van der Waals surface area contributed by atoms with E-state index in [0.717, 1.165) is 25.9 Å². The molecule has 0 aromatic heterocycles. The van der Waals surface area contributed by atoms with Crippen LogP contribution in [0.1, 0.15) is 39.1 Å². The summed E-state index contributed by atoms with van der Waals surface area (Å²) in [5, 5.41) is 0. The van der Waals surface area contributed by atoms with E-state index in [4.69, 9.17) is 4.74 Å². The average Bonchev–Trinajstić information content (AvgIpc) is 3.18. The number of rotatable bonds is 3. The molecule has 4 rings (SSSR count). The fourth-order valence-corrected chi connectivity index (χ4v) is 3.71. The molecule has 0 atom stereocenters. The summed E-state index contributed by atoms with van der Waals surface area (Å²) in [4.78, 5) is 28.6. The number of likely N-dealkylation sites (tertiary alicyclic amines) is 1. The van der Waals surface area contributed by atoms with Gasteiger partial charge in [-0.1, -0.05) is 42.5 Å². The predicted molar refractivity (Wildman–Crippen MR) is 95.8 cm³/mol. The first-order chi connectivity index (χ1) is 12.2. The molecule has 1 heterocycles. The van der Waals surface area contributed by atoms with Crippen LogP contribution in [0.15, 0.2) is 54.2 Å². The molecule has 0 radical (unpaired) electrons. The van der Waals surface area contributed by atoms with Gasteiger partial charge in [-0.2, -0.15) is 0 Å². The van der Waals surface area contributed by atoms with E-state index in [0.29, 0.717) is 33.7 Å². The smallest absolute Gasteiger partial charge is 0.210 e. The quantitative estimate of drug-likeness (QED) is 0.861. The van der Waals surface area contributed by atoms with Crippen molar-refractivity contribution in [3.8, 4) is 5.75 Å². The zero-order valence-corrected chi connectivity index (χ0v) is 14.1. The molecule has 4 heteroatoms. The second-order valence-electron chi connectivity index (χ2n) is 6.32. The van der Waals surface area contributed by atoms with Crippen molar-refractivity contribution < 1.29 is 14.3 Å². The van der Waals surface area contributed by atoms with Crippen LogP contribution in [-0.2, 0) is 0 Å². The Kier molecular flexibility index (Phi) is 3.88. The Morgan fingerprint density at radius 1 is 0.800 bits per heavy atom. The number of para-hydroxylation sites is 1. The van der Waals surface area contributed by atoms with Crippen LogP contribution in [0.4, 0.5) is 0 Å². The number of Topliss-reactive ketones (excluding diaryl/α,β-unsaturated/α-hetero) is 2. The van der Waals surface area contributed by atoms with Crippen LogP contribution in [0.25, 0.3) is 5.57 Å². The lowest BCUT2D eigenvalue weighted by atomic mass is 9.83. The van der Waals surface area contributed by atoms with Crippen molar-refractivity contribution in [2.24, 2.45) is 0 Å². The molecular weight excluding hydrogens is 314 g/mol. The second kappa shape index (κ2) is 6.20. The van der Waals surface area contributed by atoms with Crippen molar-refractivity contribution in [2.75, 3.05) is 20.2 Å². The lowest BCUT2D eigenvalue weighted by Gasteiger charge is -2.28. The number of ether oxygens (including phenoxy) is 1. The molecular formula is C21H19NO3. The monoisotopic (exact) mass is 333 g/mol. The number of benzene rings is 2. The van der Waals surface area contributed by atoms with Crippen molar-refractivity contribution in [1.82, 2.24) is 4.90 Å². The van der Waals surface area contributed by atoms with E-state index in [2.05, 4.69) is 4.90 Å². The van der Waals surface area contributed by atoms with E-state index >= 15 is 0 Å². The van der Waals surface area contributed by atoms with Crippen molar-refractivity contribution in [3.63, 3.8) is 0 Å². The molecule has 0 spiro atoms. The molecule has 1 aliphatic carbocycles. The highest BCUT2D eigenvalue weighted by Crippen LogP contribution is 2.38. The molecule has 4 nitrogen and oxygen atoms in total. The van der Waals surface area contributed by atoms with Gasteiger partial charge < -0.3 is 9.64 Å². The van der Waals surface area contributed by atoms with E-state index in [9.17, 15) is 9.59 Å². The molecule has 0 saturated carbocycles. The van der Waals surface area contributed by atoms with Crippen LogP contribution >= 0.6 is 0 Å². The molecule has 25 heavy (non-hydrogen) atoms. The van der Waals surface area contributed by atoms with Crippen LogP contribution in [0.3, 0.4) is 0 Å². The van der Waals surface area contributed by atoms with Crippen LogP contribution in [-0.4, -0.2) is 36.7 Å². The molecule has 2 aliphatic rings. The maximum atomic E-state index is 13.3. The van der Waals surface area contributed by atoms with Gasteiger partial charge in [0.1, 0.15) is 5.75 Å². The third kappa shape index (κ3) is 2.45. The van der Waals surface area contributed by atoms with E-state index in [-0.39, 0.29) is 11.6 Å². The Labute approximate surface area is 146 Å². The number of carbonyl (C=O) groups excluding carboxylic acids is 2. The van der Waals surface area contributed by atoms with Crippen molar-refractivity contribution in [1.29, 1.82) is 0 Å². The molecule has 0 unspecified atom stereocenters. The highest BCUT2D eigenvalue weighted by molar-refractivity contribution is 6.40. The molecule has 2 aromatic rings. The van der Waals surface area contributed by atoms with Gasteiger partial charge in [-0.25, -0.2) is 0 Å². The Morgan fingerprint density at radius 2 is 1.36 bits per heavy atom. The van der Waals surface area contributed by atoms with Crippen LogP contribution in [0.5, 0.6) is 5.75 Å². The fourth-order valence-electron chi connectivity index (χ4n) is 3.71. The van der Waals surface area contributed by atoms with E-state index < -0.39 is 0 Å². The molecule has 2 aromatic carbocycles. The topological polar surface area (TPSA) is 46.6 Å². The fraction of sp³-hybridized carbons (Fsp3) is 0.238. The number of ketones is 2. The van der Waals surface area contributed by atoms with E-state index in [1.165, 1.54) is 0 Å². The van der Waals surface area contributed by atoms with Gasteiger partial charge in [0.05, 0.1) is 18.4 Å². The van der Waals surface area contributed by atoms with Crippen molar-refractivity contribution in [3.05, 3.63) is 70.9 Å². The highest BCUT2D eigenvalue weighted by Gasteiger charge is 2.37. The Balaban J connectivity index is 1.99. The zero-order valence-electron chi connectivity index (χ0n) is 14.1. The Hall–Kier alpha value is -2.88. The number of hydrogen-bond donors (Lipinski definition) is 0. The number of fused-ring (bicyclic) bond motifs is 1. The average molecular weight is 333 g/mol. The van der Waals surface area contributed by atoms with Gasteiger partial charge in [0.2, 0.25) is 5.78 Å². The minimum atomic E-state index is -0.110. The summed E-state index contributed by atoms with van der Waals surface area (Å²) in [5.41, 5.74) is 2.62. The molecule has 0 amide bonds. The van der Waals surface area contributed by atoms with Crippen LogP contribution in [0, 0.1) is 0 Å². The van der Waals surface area contributed by atoms with E-state index in [1.807, 2.05) is 24.3 Å². The first-order valence-electron chi connectivity index (χ1n) is 8.53. The third-order valence-electron chi connectivity index (χ3n) is 4.89. The lowest BCUT2D eigenvalue weighted by molar-refractivity contribution is 0.0964. The minimum absolute atomic E-state index is 0.0713. The van der Waals surface area contributed by atoms with Gasteiger partial charge in [0.15, 0.2) is 5.78 Å². The highest BCUT2D eigenvalue weighted by atomic mass is 16.5. The number of carbonyl (C=O) groups is 2. The van der Waals surface area contributed by atoms with Gasteiger partial charge in [-0.05, 0) is 18.9 Å². The molecule has 1 aliphatic heterocycles. The number of hydrogen-bond acceptors (Lipinski definition) is 4. The number of methoxy groups -OCH3 is 1. The van der Waals surface area contributed by atoms with Gasteiger partial charge in [-0.3, -0.25) is 9.59 Å². The van der Waals surface area contributed by atoms with E-state index in [1.54, 1.807) is 31.4 Å². The number of nitrogens with zero attached hydrogens (tertiary/aromatic N) is 1. The summed E-state index contributed by atoms with van der Waals surface area (Å²) in [7, 11) is 1.58. The Morgan fingerprint density at radius 3 is 2.00 bits per heavy atom. The molecule has 1 fully saturated rings. The normalized spacial score (nSPS) is 17.1. The predicted octanol–water partition coefficient (Wildman–Crippen LogP) is 3.58. The maximum Gasteiger partial charge on any atom is 0.210 e. The van der Waals surface area contributed by atoms with Gasteiger partial charge in [0.25, 0.3) is 0 Å². The molecule has 0 N–H and O–H groups in total. The van der Waals surface area contributed by atoms with Gasteiger partial charge in [0, 0.05) is 29.8 Å². The van der Waals surface area contributed by atoms with Crippen LogP contribution in [0.2, 0.25) is 0 Å². The largest absolute Gasteiger partial charge is 0.496 e. The summed E-state index contributed by atoms with van der Waals surface area (Å²) in [6.45, 7) is 1.60. The van der Waals surface area contributed by atoms with Crippen LogP contribution < -0.4 is 4.74 Å². The molecule has 0 bridgehead atoms. The first-order valence-corrected chi connectivity index (χ1v) is 8.53. The van der Waals surface area contributed by atoms with Gasteiger partial charge in [-0.15, -0.1) is 0 Å². The summed E-state index contributed by atoms with van der Waals surface area (Å²) in [5.74, 6) is 0.425. The van der Waals surface area contributed by atoms with Crippen molar-refractivity contribution in [2.45, 2.75) is 12.8 Å². The SMILES string of the molecule is COc1ccccc1C1=C(N2CCCC2)C(=O)c2ccccc2C1=O. The van der Waals surface area contributed by atoms with Crippen molar-refractivity contribution >= 4 is 17.1 Å². The lowest BCUT2D eigenvalue weighted by Crippen LogP contribution is -2.32. The standard InChI is InChI=1S/C21H19NO3/c1-25-17-11-5-4-10-16(17)18-19(22-12-6-7-13-22)21(24)15-9-3-2-8-14(15)20(18)23/h2-5,8-11H,6-7,12-13H2,1H3. The first kappa shape index (κ1) is 15.6. The summed E-state index contributed by atoms with van der Waals surface area (Å²) < 4.78 is 5.46. The maximum absolute atomic E-state index is 13.3. The second-order valence-corrected chi connectivity index (χ2v) is 6.32. The minimum Gasteiger partial charge on any atom is -0.496 e. The molecule has 126 valence electrons. The Bertz CT molecular complexity index is 892. The van der Waals surface area contributed by atoms with Gasteiger partial charge >= 0.3 is 0 Å². The zero-order chi connectivity index (χ0) is 17.4.